The Balaban J connectivity index is 1.49. The van der Waals surface area contributed by atoms with E-state index in [4.69, 9.17) is 14.5 Å². The number of fused-ring (bicyclic) bond motifs is 2. The summed E-state index contributed by atoms with van der Waals surface area (Å²) < 4.78 is 11.1. The van der Waals surface area contributed by atoms with Crippen molar-refractivity contribution in [3.63, 3.8) is 0 Å². The first-order valence-corrected chi connectivity index (χ1v) is 10.1. The zero-order valence-electron chi connectivity index (χ0n) is 16.1. The fourth-order valence-electron chi connectivity index (χ4n) is 3.19. The van der Waals surface area contributed by atoms with Crippen LogP contribution < -0.4 is 14.8 Å². The quantitative estimate of drug-likeness (QED) is 0.648. The molecule has 6 heteroatoms. The minimum atomic E-state index is -0.290. The number of aromatic nitrogens is 1. The molecule has 3 aromatic rings. The summed E-state index contributed by atoms with van der Waals surface area (Å²) in [4.78, 5) is 17.4. The van der Waals surface area contributed by atoms with E-state index in [-0.39, 0.29) is 11.2 Å². The molecule has 1 amide bonds. The Kier molecular flexibility index (Phi) is 5.13. The summed E-state index contributed by atoms with van der Waals surface area (Å²) >= 11 is 1.46. The van der Waals surface area contributed by atoms with Crippen molar-refractivity contribution in [3.05, 3.63) is 53.6 Å². The minimum Gasteiger partial charge on any atom is -0.486 e. The first-order chi connectivity index (χ1) is 13.5. The van der Waals surface area contributed by atoms with Crippen molar-refractivity contribution in [2.75, 3.05) is 18.5 Å². The van der Waals surface area contributed by atoms with Crippen LogP contribution in [0.3, 0.4) is 0 Å². The molecule has 28 heavy (non-hydrogen) atoms. The molecule has 5 nitrogen and oxygen atoms in total. The van der Waals surface area contributed by atoms with Crippen molar-refractivity contribution in [2.45, 2.75) is 31.0 Å². The Labute approximate surface area is 168 Å². The highest BCUT2D eigenvalue weighted by molar-refractivity contribution is 8.00. The summed E-state index contributed by atoms with van der Waals surface area (Å²) in [5.41, 5.74) is 3.98. The number of nitrogens with zero attached hydrogens (tertiary/aromatic N) is 1. The second-order valence-corrected chi connectivity index (χ2v) is 8.22. The van der Waals surface area contributed by atoms with Gasteiger partial charge in [0.15, 0.2) is 11.5 Å². The van der Waals surface area contributed by atoms with Crippen LogP contribution in [-0.2, 0) is 4.79 Å². The van der Waals surface area contributed by atoms with E-state index in [1.54, 1.807) is 6.07 Å². The number of hydrogen-bond acceptors (Lipinski definition) is 5. The van der Waals surface area contributed by atoms with Gasteiger partial charge in [0, 0.05) is 17.1 Å². The van der Waals surface area contributed by atoms with Crippen molar-refractivity contribution >= 4 is 34.3 Å². The number of hydrogen-bond donors (Lipinski definition) is 1. The van der Waals surface area contributed by atoms with Gasteiger partial charge in [0.2, 0.25) is 5.91 Å². The van der Waals surface area contributed by atoms with E-state index in [0.717, 1.165) is 27.1 Å². The summed E-state index contributed by atoms with van der Waals surface area (Å²) in [7, 11) is 0. The number of para-hydroxylation sites is 1. The lowest BCUT2D eigenvalue weighted by atomic mass is 10.1. The summed E-state index contributed by atoms with van der Waals surface area (Å²) in [5.74, 6) is 1.29. The highest BCUT2D eigenvalue weighted by atomic mass is 32.2. The van der Waals surface area contributed by atoms with Crippen LogP contribution in [0.4, 0.5) is 5.69 Å². The summed E-state index contributed by atoms with van der Waals surface area (Å²) in [6.45, 7) is 7.08. The van der Waals surface area contributed by atoms with Crippen LogP contribution in [0.2, 0.25) is 0 Å². The average molecular weight is 394 g/mol. The molecular formula is C22H22N2O3S. The second-order valence-electron chi connectivity index (χ2n) is 6.86. The summed E-state index contributed by atoms with van der Waals surface area (Å²) in [5, 5.41) is 4.66. The molecule has 0 radical (unpaired) electrons. The maximum Gasteiger partial charge on any atom is 0.237 e. The lowest BCUT2D eigenvalue weighted by Gasteiger charge is -2.19. The number of aryl methyl sites for hydroxylation is 2. The van der Waals surface area contributed by atoms with Crippen LogP contribution in [0.1, 0.15) is 18.1 Å². The normalized spacial score (nSPS) is 14.0. The van der Waals surface area contributed by atoms with E-state index in [1.807, 2.05) is 31.2 Å². The standard InChI is InChI=1S/C22H22N2O3S/c1-13-5-4-6-17-14(2)11-20(24-21(13)17)28-15(3)22(25)23-16-7-8-18-19(12-16)27-10-9-26-18/h4-8,11-12,15H,9-10H2,1-3H3,(H,23,25)/t15-/m1/s1. The molecule has 0 saturated carbocycles. The molecular weight excluding hydrogens is 372 g/mol. The summed E-state index contributed by atoms with van der Waals surface area (Å²) in [6.07, 6.45) is 0. The molecule has 144 valence electrons. The van der Waals surface area contributed by atoms with E-state index in [2.05, 4.69) is 31.3 Å². The monoisotopic (exact) mass is 394 g/mol. The number of nitrogens with one attached hydrogen (secondary N) is 1. The number of carbonyl (C=O) groups excluding carboxylic acids is 1. The van der Waals surface area contributed by atoms with Gasteiger partial charge in [-0.05, 0) is 50.1 Å². The zero-order valence-corrected chi connectivity index (χ0v) is 16.9. The van der Waals surface area contributed by atoms with E-state index < -0.39 is 0 Å². The fourth-order valence-corrected chi connectivity index (χ4v) is 4.11. The van der Waals surface area contributed by atoms with Gasteiger partial charge >= 0.3 is 0 Å². The number of anilines is 1. The molecule has 0 unspecified atom stereocenters. The minimum absolute atomic E-state index is 0.0778. The van der Waals surface area contributed by atoms with Gasteiger partial charge in [0.05, 0.1) is 15.8 Å². The van der Waals surface area contributed by atoms with Gasteiger partial charge in [-0.1, -0.05) is 30.0 Å². The molecule has 1 atom stereocenters. The summed E-state index contributed by atoms with van der Waals surface area (Å²) in [6, 6.07) is 13.7. The lowest BCUT2D eigenvalue weighted by Crippen LogP contribution is -2.23. The molecule has 2 aromatic carbocycles. The third-order valence-corrected chi connectivity index (χ3v) is 5.72. The van der Waals surface area contributed by atoms with Crippen molar-refractivity contribution in [2.24, 2.45) is 0 Å². The number of ether oxygens (including phenoxy) is 2. The predicted molar refractivity (Wildman–Crippen MR) is 113 cm³/mol. The number of amides is 1. The van der Waals surface area contributed by atoms with Crippen LogP contribution in [0.15, 0.2) is 47.5 Å². The SMILES string of the molecule is Cc1cc(S[C@H](C)C(=O)Nc2ccc3c(c2)OCCO3)nc2c(C)cccc12. The number of pyridine rings is 1. The average Bonchev–Trinajstić information content (AvgIpc) is 2.69. The maximum absolute atomic E-state index is 12.7. The Bertz CT molecular complexity index is 1050. The van der Waals surface area contributed by atoms with Crippen molar-refractivity contribution in [3.8, 4) is 11.5 Å². The highest BCUT2D eigenvalue weighted by Crippen LogP contribution is 2.33. The second kappa shape index (κ2) is 7.72. The van der Waals surface area contributed by atoms with Gasteiger partial charge in [-0.2, -0.15) is 0 Å². The molecule has 1 N–H and O–H groups in total. The van der Waals surface area contributed by atoms with Crippen LogP contribution in [-0.4, -0.2) is 29.4 Å². The van der Waals surface area contributed by atoms with Crippen molar-refractivity contribution in [1.29, 1.82) is 0 Å². The largest absolute Gasteiger partial charge is 0.486 e. The smallest absolute Gasteiger partial charge is 0.237 e. The zero-order chi connectivity index (χ0) is 19.7. The highest BCUT2D eigenvalue weighted by Gasteiger charge is 2.18. The van der Waals surface area contributed by atoms with E-state index in [0.29, 0.717) is 30.4 Å². The third kappa shape index (κ3) is 3.78. The molecule has 0 bridgehead atoms. The van der Waals surface area contributed by atoms with Crippen molar-refractivity contribution in [1.82, 2.24) is 4.98 Å². The number of rotatable bonds is 4. The Morgan fingerprint density at radius 3 is 2.68 bits per heavy atom. The van der Waals surface area contributed by atoms with E-state index >= 15 is 0 Å². The van der Waals surface area contributed by atoms with E-state index in [9.17, 15) is 4.79 Å². The number of benzene rings is 2. The van der Waals surface area contributed by atoms with Gasteiger partial charge in [-0.15, -0.1) is 0 Å². The van der Waals surface area contributed by atoms with Crippen molar-refractivity contribution < 1.29 is 14.3 Å². The molecule has 2 heterocycles. The molecule has 0 fully saturated rings. The predicted octanol–water partition coefficient (Wildman–Crippen LogP) is 4.74. The molecule has 1 aromatic heterocycles. The Morgan fingerprint density at radius 2 is 1.86 bits per heavy atom. The third-order valence-electron chi connectivity index (χ3n) is 4.70. The molecule has 0 spiro atoms. The van der Waals surface area contributed by atoms with Crippen LogP contribution in [0, 0.1) is 13.8 Å². The molecule has 0 aliphatic carbocycles. The first-order valence-electron chi connectivity index (χ1n) is 9.25. The van der Waals surface area contributed by atoms with Gasteiger partial charge in [0.1, 0.15) is 13.2 Å². The van der Waals surface area contributed by atoms with Crippen LogP contribution >= 0.6 is 11.8 Å². The van der Waals surface area contributed by atoms with Gasteiger partial charge < -0.3 is 14.8 Å². The van der Waals surface area contributed by atoms with Gasteiger partial charge in [-0.3, -0.25) is 4.79 Å². The Hall–Kier alpha value is -2.73. The van der Waals surface area contributed by atoms with Crippen LogP contribution in [0.25, 0.3) is 10.9 Å². The first kappa shape index (κ1) is 18.6. The number of thioether (sulfide) groups is 1. The maximum atomic E-state index is 12.7. The topological polar surface area (TPSA) is 60.5 Å². The van der Waals surface area contributed by atoms with Crippen LogP contribution in [0.5, 0.6) is 11.5 Å². The molecule has 1 aliphatic heterocycles. The lowest BCUT2D eigenvalue weighted by molar-refractivity contribution is -0.115. The molecule has 1 aliphatic rings. The fraction of sp³-hybridized carbons (Fsp3) is 0.273. The molecule has 0 saturated heterocycles. The molecule has 4 rings (SSSR count). The Morgan fingerprint density at radius 1 is 1.07 bits per heavy atom. The van der Waals surface area contributed by atoms with Gasteiger partial charge in [-0.25, -0.2) is 4.98 Å². The number of carbonyl (C=O) groups is 1. The van der Waals surface area contributed by atoms with E-state index in [1.165, 1.54) is 11.8 Å². The van der Waals surface area contributed by atoms with Gasteiger partial charge in [0.25, 0.3) is 0 Å².